The largest absolute Gasteiger partial charge is 0.474 e. The van der Waals surface area contributed by atoms with Crippen molar-refractivity contribution < 1.29 is 23.5 Å². The molecule has 0 fully saturated rings. The molecule has 0 spiro atoms. The van der Waals surface area contributed by atoms with Gasteiger partial charge >= 0.3 is 6.09 Å². The summed E-state index contributed by atoms with van der Waals surface area (Å²) in [5.74, 6) is -0.897. The number of hydrogen-bond acceptors (Lipinski definition) is 6. The van der Waals surface area contributed by atoms with Crippen LogP contribution in [0.25, 0.3) is 0 Å². The Labute approximate surface area is 205 Å². The van der Waals surface area contributed by atoms with Gasteiger partial charge in [0.05, 0.1) is 16.1 Å². The quantitative estimate of drug-likeness (QED) is 0.299. The minimum absolute atomic E-state index is 0.0621. The Balaban J connectivity index is 0. The van der Waals surface area contributed by atoms with E-state index in [1.165, 1.54) is 0 Å². The molecule has 1 aromatic rings. The summed E-state index contributed by atoms with van der Waals surface area (Å²) in [7, 11) is 1.79. The number of likely N-dealkylation sites (N-methyl/N-ethyl adjacent to an activating group) is 1. The molecule has 1 aromatic heterocycles. The molecule has 186 valence electrons. The number of aromatic nitrogens is 1. The van der Waals surface area contributed by atoms with E-state index in [0.29, 0.717) is 32.3 Å². The van der Waals surface area contributed by atoms with E-state index in [2.05, 4.69) is 26.2 Å². The first-order valence-electron chi connectivity index (χ1n) is 10.8. The molecular weight excluding hydrogens is 505 g/mol. The van der Waals surface area contributed by atoms with Gasteiger partial charge in [-0.05, 0) is 50.7 Å². The second-order valence-corrected chi connectivity index (χ2v) is 8.31. The number of nitrogens with one attached hydrogen (secondary N) is 1. The van der Waals surface area contributed by atoms with Gasteiger partial charge in [-0.25, -0.2) is 9.18 Å². The Kier molecular flexibility index (Phi) is 17.5. The van der Waals surface area contributed by atoms with Crippen LogP contribution in [-0.4, -0.2) is 60.7 Å². The highest BCUT2D eigenvalue weighted by Crippen LogP contribution is 2.31. The van der Waals surface area contributed by atoms with Crippen LogP contribution in [0.2, 0.25) is 5.15 Å². The summed E-state index contributed by atoms with van der Waals surface area (Å²) < 4.78 is 24.8. The third kappa shape index (κ3) is 12.0. The van der Waals surface area contributed by atoms with Crippen LogP contribution in [0.15, 0.2) is 4.47 Å². The topological polar surface area (TPSA) is 80.8 Å². The van der Waals surface area contributed by atoms with Gasteiger partial charge < -0.3 is 19.7 Å². The maximum Gasteiger partial charge on any atom is 0.410 e. The molecule has 0 aliphatic carbocycles. The smallest absolute Gasteiger partial charge is 0.410 e. The SMILES string of the molecule is CC.CC.CNCCN(CCC(C)Oc1nc(Cl)c(F)c(Br)c1C=O)C(=O)OC(C)(C)C. The van der Waals surface area contributed by atoms with Crippen molar-refractivity contribution in [1.29, 1.82) is 0 Å². The number of halogens is 3. The van der Waals surface area contributed by atoms with E-state index in [-0.39, 0.29) is 15.9 Å². The normalized spacial score (nSPS) is 11.2. The number of carbonyl (C=O) groups excluding carboxylic acids is 2. The first kappa shape index (κ1) is 32.7. The van der Waals surface area contributed by atoms with Crippen LogP contribution < -0.4 is 10.1 Å². The summed E-state index contributed by atoms with van der Waals surface area (Å²) in [6.07, 6.45) is 0.0435. The summed E-state index contributed by atoms with van der Waals surface area (Å²) >= 11 is 8.71. The van der Waals surface area contributed by atoms with Crippen molar-refractivity contribution in [3.05, 3.63) is 21.0 Å². The highest BCUT2D eigenvalue weighted by atomic mass is 79.9. The van der Waals surface area contributed by atoms with E-state index in [1.807, 2.05) is 27.7 Å². The predicted molar refractivity (Wildman–Crippen MR) is 131 cm³/mol. The van der Waals surface area contributed by atoms with Crippen LogP contribution in [-0.2, 0) is 4.74 Å². The summed E-state index contributed by atoms with van der Waals surface area (Å²) in [4.78, 5) is 29.0. The van der Waals surface area contributed by atoms with Crippen molar-refractivity contribution in [2.45, 2.75) is 73.5 Å². The van der Waals surface area contributed by atoms with Crippen molar-refractivity contribution in [1.82, 2.24) is 15.2 Å². The van der Waals surface area contributed by atoms with Gasteiger partial charge in [-0.1, -0.05) is 39.3 Å². The zero-order valence-electron chi connectivity index (χ0n) is 20.6. The Morgan fingerprint density at radius 3 is 2.31 bits per heavy atom. The molecule has 1 heterocycles. The monoisotopic (exact) mass is 541 g/mol. The Hall–Kier alpha value is -1.45. The lowest BCUT2D eigenvalue weighted by Gasteiger charge is -2.28. The molecule has 10 heteroatoms. The lowest BCUT2D eigenvalue weighted by molar-refractivity contribution is 0.0233. The van der Waals surface area contributed by atoms with Crippen molar-refractivity contribution in [2.24, 2.45) is 0 Å². The molecule has 0 saturated heterocycles. The molecule has 1 unspecified atom stereocenters. The molecule has 7 nitrogen and oxygen atoms in total. The molecule has 0 aliphatic heterocycles. The zero-order valence-corrected chi connectivity index (χ0v) is 23.0. The van der Waals surface area contributed by atoms with Crippen molar-refractivity contribution in [2.75, 3.05) is 26.7 Å². The predicted octanol–water partition coefficient (Wildman–Crippen LogP) is 6.12. The van der Waals surface area contributed by atoms with Crippen LogP contribution in [0.5, 0.6) is 5.88 Å². The van der Waals surface area contributed by atoms with Crippen LogP contribution in [0, 0.1) is 5.82 Å². The Bertz CT molecular complexity index is 703. The third-order valence-electron chi connectivity index (χ3n) is 3.56. The molecule has 1 N–H and O–H groups in total. The number of amides is 1. The Morgan fingerprint density at radius 1 is 1.28 bits per heavy atom. The summed E-state index contributed by atoms with van der Waals surface area (Å²) in [5, 5.41) is 2.59. The standard InChI is InChI=1S/C18H26BrClFN3O4.2C2H6/c1-11(27-16-12(10-25)13(19)14(21)15(20)23-16)6-8-24(9-7-22-5)17(26)28-18(2,3)4;2*1-2/h10-11,22H,6-9H2,1-5H3;2*1-2H3. The van der Waals surface area contributed by atoms with Crippen LogP contribution in [0.4, 0.5) is 9.18 Å². The maximum atomic E-state index is 13.8. The summed E-state index contributed by atoms with van der Waals surface area (Å²) in [6.45, 7) is 16.6. The summed E-state index contributed by atoms with van der Waals surface area (Å²) in [6, 6.07) is 0. The zero-order chi connectivity index (χ0) is 25.5. The average Bonchev–Trinajstić information content (AvgIpc) is 2.74. The fraction of sp³-hybridized carbons (Fsp3) is 0.682. The summed E-state index contributed by atoms with van der Waals surface area (Å²) in [5.41, 5.74) is -0.662. The first-order chi connectivity index (χ1) is 15.0. The molecule has 0 aliphatic rings. The number of hydrogen-bond donors (Lipinski definition) is 1. The lowest BCUT2D eigenvalue weighted by Crippen LogP contribution is -2.41. The fourth-order valence-corrected chi connectivity index (χ4v) is 2.88. The van der Waals surface area contributed by atoms with Gasteiger partial charge in [0.2, 0.25) is 5.88 Å². The van der Waals surface area contributed by atoms with Gasteiger partial charge in [0.15, 0.2) is 17.3 Å². The van der Waals surface area contributed by atoms with E-state index in [1.54, 1.807) is 39.6 Å². The van der Waals surface area contributed by atoms with Gasteiger partial charge in [-0.3, -0.25) is 4.79 Å². The molecule has 0 saturated carbocycles. The Morgan fingerprint density at radius 2 is 1.84 bits per heavy atom. The first-order valence-corrected chi connectivity index (χ1v) is 12.0. The number of ether oxygens (including phenoxy) is 2. The molecule has 1 rings (SSSR count). The number of rotatable bonds is 9. The average molecular weight is 543 g/mol. The van der Waals surface area contributed by atoms with E-state index >= 15 is 0 Å². The number of carbonyl (C=O) groups is 2. The molecule has 0 radical (unpaired) electrons. The molecular formula is C22H38BrClFN3O4. The molecule has 0 aromatic carbocycles. The minimum atomic E-state index is -0.827. The number of nitrogens with zero attached hydrogens (tertiary/aromatic N) is 2. The van der Waals surface area contributed by atoms with E-state index in [4.69, 9.17) is 21.1 Å². The van der Waals surface area contributed by atoms with Gasteiger partial charge in [0, 0.05) is 26.1 Å². The van der Waals surface area contributed by atoms with Gasteiger partial charge in [-0.2, -0.15) is 4.98 Å². The molecule has 1 atom stereocenters. The second-order valence-electron chi connectivity index (χ2n) is 7.16. The number of aldehydes is 1. The van der Waals surface area contributed by atoms with E-state index in [0.717, 1.165) is 0 Å². The van der Waals surface area contributed by atoms with Crippen LogP contribution in [0.1, 0.15) is 72.2 Å². The molecule has 1 amide bonds. The van der Waals surface area contributed by atoms with Gasteiger partial charge in [-0.15, -0.1) is 0 Å². The fourth-order valence-electron chi connectivity index (χ4n) is 2.15. The third-order valence-corrected chi connectivity index (χ3v) is 4.59. The van der Waals surface area contributed by atoms with Crippen LogP contribution >= 0.6 is 27.5 Å². The lowest BCUT2D eigenvalue weighted by atomic mass is 10.2. The van der Waals surface area contributed by atoms with E-state index in [9.17, 15) is 14.0 Å². The van der Waals surface area contributed by atoms with Crippen molar-refractivity contribution in [3.8, 4) is 5.88 Å². The van der Waals surface area contributed by atoms with Crippen LogP contribution in [0.3, 0.4) is 0 Å². The van der Waals surface area contributed by atoms with Gasteiger partial charge in [0.25, 0.3) is 0 Å². The van der Waals surface area contributed by atoms with Crippen molar-refractivity contribution >= 4 is 39.9 Å². The number of pyridine rings is 1. The second kappa shape index (κ2) is 17.1. The molecule has 0 bridgehead atoms. The highest BCUT2D eigenvalue weighted by Gasteiger charge is 2.23. The van der Waals surface area contributed by atoms with E-state index < -0.39 is 28.8 Å². The maximum absolute atomic E-state index is 13.8. The highest BCUT2D eigenvalue weighted by molar-refractivity contribution is 9.10. The molecule has 32 heavy (non-hydrogen) atoms. The van der Waals surface area contributed by atoms with Gasteiger partial charge in [0.1, 0.15) is 5.60 Å². The van der Waals surface area contributed by atoms with Crippen molar-refractivity contribution in [3.63, 3.8) is 0 Å². The minimum Gasteiger partial charge on any atom is -0.474 e.